The van der Waals surface area contributed by atoms with Crippen LogP contribution in [-0.4, -0.2) is 4.98 Å². The van der Waals surface area contributed by atoms with Crippen molar-refractivity contribution in [2.24, 2.45) is 0 Å². The maximum absolute atomic E-state index is 6.72. The number of oxazole rings is 1. The van der Waals surface area contributed by atoms with Crippen molar-refractivity contribution >= 4 is 72.0 Å². The zero-order chi connectivity index (χ0) is 35.6. The number of rotatable bonds is 6. The second-order valence-electron chi connectivity index (χ2n) is 13.5. The lowest BCUT2D eigenvalue weighted by molar-refractivity contribution is 0.622. The smallest absolute Gasteiger partial charge is 0.227 e. The predicted octanol–water partition coefficient (Wildman–Crippen LogP) is 14.1. The molecule has 0 atom stereocenters. The van der Waals surface area contributed by atoms with Crippen molar-refractivity contribution < 1.29 is 13.3 Å². The van der Waals surface area contributed by atoms with E-state index < -0.39 is 0 Å². The van der Waals surface area contributed by atoms with Gasteiger partial charge >= 0.3 is 0 Å². The van der Waals surface area contributed by atoms with Gasteiger partial charge in [0.2, 0.25) is 5.89 Å². The zero-order valence-electron chi connectivity index (χ0n) is 28.9. The fraction of sp³-hybridized carbons (Fsp3) is 0. The molecule has 0 aliphatic heterocycles. The molecule has 0 spiro atoms. The van der Waals surface area contributed by atoms with Gasteiger partial charge in [-0.1, -0.05) is 121 Å². The summed E-state index contributed by atoms with van der Waals surface area (Å²) in [7, 11) is 0. The van der Waals surface area contributed by atoms with E-state index in [0.717, 1.165) is 77.6 Å². The van der Waals surface area contributed by atoms with Gasteiger partial charge in [0.1, 0.15) is 27.8 Å². The third kappa shape index (κ3) is 4.83. The van der Waals surface area contributed by atoms with E-state index in [0.29, 0.717) is 11.5 Å². The number of aromatic nitrogens is 1. The Bertz CT molecular complexity index is 3160. The van der Waals surface area contributed by atoms with E-state index in [9.17, 15) is 0 Å². The summed E-state index contributed by atoms with van der Waals surface area (Å²) in [4.78, 5) is 7.45. The minimum atomic E-state index is 0.546. The van der Waals surface area contributed by atoms with Crippen LogP contribution in [0.25, 0.3) is 88.7 Å². The van der Waals surface area contributed by atoms with Gasteiger partial charge in [0.15, 0.2) is 5.58 Å². The molecule has 0 fully saturated rings. The van der Waals surface area contributed by atoms with E-state index in [2.05, 4.69) is 120 Å². The Morgan fingerprint density at radius 2 is 0.944 bits per heavy atom. The molecule has 0 aliphatic rings. The number of fused-ring (bicyclic) bond motifs is 8. The average Bonchev–Trinajstić information content (AvgIpc) is 3.95. The van der Waals surface area contributed by atoms with Crippen LogP contribution in [-0.2, 0) is 0 Å². The Balaban J connectivity index is 1.16. The Morgan fingerprint density at radius 1 is 0.389 bits per heavy atom. The van der Waals surface area contributed by atoms with Crippen molar-refractivity contribution in [1.29, 1.82) is 0 Å². The van der Waals surface area contributed by atoms with E-state index in [4.69, 9.17) is 18.2 Å². The minimum absolute atomic E-state index is 0.546. The summed E-state index contributed by atoms with van der Waals surface area (Å²) in [6, 6.07) is 62.6. The quantitative estimate of drug-likeness (QED) is 0.173. The molecule has 11 rings (SSSR count). The molecule has 8 aromatic carbocycles. The summed E-state index contributed by atoms with van der Waals surface area (Å²) >= 11 is 0. The fourth-order valence-electron chi connectivity index (χ4n) is 7.81. The van der Waals surface area contributed by atoms with Crippen LogP contribution in [0.4, 0.5) is 17.1 Å². The molecule has 0 amide bonds. The van der Waals surface area contributed by atoms with Crippen LogP contribution < -0.4 is 4.90 Å². The largest absolute Gasteiger partial charge is 0.456 e. The highest BCUT2D eigenvalue weighted by atomic mass is 16.4. The van der Waals surface area contributed by atoms with Gasteiger partial charge in [0.25, 0.3) is 0 Å². The van der Waals surface area contributed by atoms with E-state index >= 15 is 0 Å². The van der Waals surface area contributed by atoms with Crippen LogP contribution in [0.5, 0.6) is 0 Å². The molecule has 5 heteroatoms. The molecule has 5 nitrogen and oxygen atoms in total. The minimum Gasteiger partial charge on any atom is -0.456 e. The molecule has 11 aromatic rings. The van der Waals surface area contributed by atoms with E-state index in [1.54, 1.807) is 0 Å². The van der Waals surface area contributed by atoms with Gasteiger partial charge in [0.05, 0.1) is 11.1 Å². The fourth-order valence-corrected chi connectivity index (χ4v) is 7.81. The summed E-state index contributed by atoms with van der Waals surface area (Å²) < 4.78 is 19.7. The molecule has 254 valence electrons. The monoisotopic (exact) mass is 694 g/mol. The molecular formula is C49H30N2O3. The lowest BCUT2D eigenvalue weighted by atomic mass is 9.94. The number of hydrogen-bond acceptors (Lipinski definition) is 5. The molecule has 0 saturated heterocycles. The summed E-state index contributed by atoms with van der Waals surface area (Å²) in [5.74, 6) is 0.546. The molecule has 0 saturated carbocycles. The van der Waals surface area contributed by atoms with Gasteiger partial charge in [-0.15, -0.1) is 0 Å². The lowest BCUT2D eigenvalue weighted by Gasteiger charge is -2.26. The number of hydrogen-bond donors (Lipinski definition) is 0. The second kappa shape index (κ2) is 12.1. The zero-order valence-corrected chi connectivity index (χ0v) is 28.9. The third-order valence-electron chi connectivity index (χ3n) is 10.3. The molecule has 0 N–H and O–H groups in total. The van der Waals surface area contributed by atoms with Crippen LogP contribution in [0.15, 0.2) is 195 Å². The maximum Gasteiger partial charge on any atom is 0.227 e. The molecular weight excluding hydrogens is 665 g/mol. The highest BCUT2D eigenvalue weighted by Gasteiger charge is 2.25. The molecule has 0 radical (unpaired) electrons. The summed E-state index contributed by atoms with van der Waals surface area (Å²) in [5, 5.41) is 4.03. The van der Waals surface area contributed by atoms with E-state index in [1.807, 2.05) is 66.7 Å². The molecule has 0 unspecified atom stereocenters. The van der Waals surface area contributed by atoms with Gasteiger partial charge in [-0.3, -0.25) is 0 Å². The molecule has 0 bridgehead atoms. The van der Waals surface area contributed by atoms with E-state index in [1.165, 1.54) is 16.7 Å². The van der Waals surface area contributed by atoms with Crippen LogP contribution >= 0.6 is 0 Å². The topological polar surface area (TPSA) is 55.6 Å². The number of para-hydroxylation sites is 2. The molecule has 3 aromatic heterocycles. The lowest BCUT2D eigenvalue weighted by Crippen LogP contribution is -2.10. The highest BCUT2D eigenvalue weighted by molar-refractivity contribution is 6.20. The van der Waals surface area contributed by atoms with Crippen molar-refractivity contribution in [2.75, 3.05) is 4.90 Å². The van der Waals surface area contributed by atoms with Crippen molar-refractivity contribution in [3.05, 3.63) is 182 Å². The Hall–Kier alpha value is -7.37. The first kappa shape index (κ1) is 30.3. The molecule has 3 heterocycles. The number of furan rings is 2. The Kier molecular flexibility index (Phi) is 6.79. The van der Waals surface area contributed by atoms with Gasteiger partial charge in [0, 0.05) is 45.2 Å². The van der Waals surface area contributed by atoms with Crippen molar-refractivity contribution in [3.63, 3.8) is 0 Å². The van der Waals surface area contributed by atoms with Gasteiger partial charge in [-0.25, -0.2) is 4.98 Å². The van der Waals surface area contributed by atoms with Crippen LogP contribution in [0.2, 0.25) is 0 Å². The number of anilines is 3. The Labute approximate surface area is 309 Å². The third-order valence-corrected chi connectivity index (χ3v) is 10.3. The first-order chi connectivity index (χ1) is 26.8. The predicted molar refractivity (Wildman–Crippen MR) is 220 cm³/mol. The number of nitrogens with zero attached hydrogens (tertiary/aromatic N) is 2. The van der Waals surface area contributed by atoms with Crippen LogP contribution in [0.1, 0.15) is 0 Å². The summed E-state index contributed by atoms with van der Waals surface area (Å²) in [6.45, 7) is 0. The first-order valence-corrected chi connectivity index (χ1v) is 18.0. The summed E-state index contributed by atoms with van der Waals surface area (Å²) in [5.41, 5.74) is 12.8. The highest BCUT2D eigenvalue weighted by Crippen LogP contribution is 2.47. The number of benzene rings is 8. The van der Waals surface area contributed by atoms with Gasteiger partial charge in [-0.05, 0) is 70.8 Å². The van der Waals surface area contributed by atoms with E-state index in [-0.39, 0.29) is 0 Å². The van der Waals surface area contributed by atoms with Crippen molar-refractivity contribution in [1.82, 2.24) is 4.98 Å². The van der Waals surface area contributed by atoms with Crippen LogP contribution in [0, 0.1) is 0 Å². The summed E-state index contributed by atoms with van der Waals surface area (Å²) in [6.07, 6.45) is 0. The van der Waals surface area contributed by atoms with Crippen molar-refractivity contribution in [3.8, 4) is 33.7 Å². The van der Waals surface area contributed by atoms with Crippen molar-refractivity contribution in [2.45, 2.75) is 0 Å². The molecule has 0 aliphatic carbocycles. The van der Waals surface area contributed by atoms with Gasteiger partial charge < -0.3 is 18.2 Å². The SMILES string of the molecule is c1ccc(-c2nc3c(N(c4ccc(-c5ccccc5-c5ccccc5)cc4)c4ccc5c(c4)oc4ccccc45)cc4oc5ccccc5c4c3o2)cc1. The normalized spacial score (nSPS) is 11.7. The second-order valence-corrected chi connectivity index (χ2v) is 13.5. The Morgan fingerprint density at radius 3 is 1.69 bits per heavy atom. The first-order valence-electron chi connectivity index (χ1n) is 18.0. The molecule has 54 heavy (non-hydrogen) atoms. The van der Waals surface area contributed by atoms with Gasteiger partial charge in [-0.2, -0.15) is 0 Å². The average molecular weight is 695 g/mol. The standard InChI is InChI=1S/C49H30N2O3/c1-3-13-31(14-4-1)36-17-7-8-18-37(36)32-23-25-34(26-24-32)51(35-27-28-39-38-19-9-11-21-42(38)52-44(39)29-35)41-30-45-46(40-20-10-12-22-43(40)53-45)48-47(41)50-49(54-48)33-15-5-2-6-16-33/h1-30H. The maximum atomic E-state index is 6.72. The van der Waals surface area contributed by atoms with Crippen LogP contribution in [0.3, 0.4) is 0 Å².